The van der Waals surface area contributed by atoms with E-state index in [1.54, 1.807) is 0 Å². The van der Waals surface area contributed by atoms with Crippen LogP contribution in [0.2, 0.25) is 0 Å². The van der Waals surface area contributed by atoms with Gasteiger partial charge >= 0.3 is 0 Å². The van der Waals surface area contributed by atoms with E-state index >= 15 is 0 Å². The molecule has 2 amide bonds. The first kappa shape index (κ1) is 20.3. The maximum atomic E-state index is 13.4. The topological polar surface area (TPSA) is 84.2 Å². The second-order valence-electron chi connectivity index (χ2n) is 5.79. The van der Waals surface area contributed by atoms with Gasteiger partial charge in [0.1, 0.15) is 11.6 Å². The molecule has 1 aliphatic carbocycles. The molecule has 2 rings (SSSR count). The quantitative estimate of drug-likeness (QED) is 0.617. The highest BCUT2D eigenvalue weighted by molar-refractivity contribution is 5.94. The van der Waals surface area contributed by atoms with Crippen molar-refractivity contribution in [3.05, 3.63) is 35.4 Å². The number of benzene rings is 1. The number of hydrogen-bond donors (Lipinski definition) is 3. The summed E-state index contributed by atoms with van der Waals surface area (Å²) in [6.45, 7) is 0.703. The van der Waals surface area contributed by atoms with Gasteiger partial charge in [0.05, 0.1) is 5.56 Å². The Kier molecular flexibility index (Phi) is 8.07. The zero-order valence-electron chi connectivity index (χ0n) is 13.2. The van der Waals surface area contributed by atoms with E-state index in [1.807, 2.05) is 0 Å². The van der Waals surface area contributed by atoms with Crippen molar-refractivity contribution in [3.8, 4) is 0 Å². The molecule has 0 radical (unpaired) electrons. The molecule has 8 heteroatoms. The first-order chi connectivity index (χ1) is 11.0. The minimum Gasteiger partial charge on any atom is -0.355 e. The van der Waals surface area contributed by atoms with Crippen molar-refractivity contribution in [3.63, 3.8) is 0 Å². The molecule has 1 fully saturated rings. The van der Waals surface area contributed by atoms with Gasteiger partial charge in [0.15, 0.2) is 0 Å². The van der Waals surface area contributed by atoms with Crippen LogP contribution >= 0.6 is 12.4 Å². The van der Waals surface area contributed by atoms with Crippen molar-refractivity contribution in [2.75, 3.05) is 13.1 Å². The van der Waals surface area contributed by atoms with Gasteiger partial charge < -0.3 is 16.4 Å². The maximum Gasteiger partial charge on any atom is 0.254 e. The molecule has 134 valence electrons. The van der Waals surface area contributed by atoms with Gasteiger partial charge in [-0.1, -0.05) is 0 Å². The Labute approximate surface area is 145 Å². The van der Waals surface area contributed by atoms with Crippen molar-refractivity contribution >= 4 is 24.2 Å². The van der Waals surface area contributed by atoms with Gasteiger partial charge in [-0.05, 0) is 37.3 Å². The Bertz CT molecular complexity index is 582. The summed E-state index contributed by atoms with van der Waals surface area (Å²) in [5, 5.41) is 5.26. The molecule has 0 aliphatic heterocycles. The minimum absolute atomic E-state index is 0. The van der Waals surface area contributed by atoms with Crippen LogP contribution in [0.3, 0.4) is 0 Å². The summed E-state index contributed by atoms with van der Waals surface area (Å²) in [5.41, 5.74) is 5.66. The number of nitrogens with one attached hydrogen (secondary N) is 2. The first-order valence-electron chi connectivity index (χ1n) is 7.73. The predicted octanol–water partition coefficient (Wildman–Crippen LogP) is 1.75. The highest BCUT2D eigenvalue weighted by Crippen LogP contribution is 2.31. The van der Waals surface area contributed by atoms with Gasteiger partial charge in [0.2, 0.25) is 5.91 Å². The number of rotatable bonds is 8. The highest BCUT2D eigenvalue weighted by Gasteiger charge is 2.28. The summed E-state index contributed by atoms with van der Waals surface area (Å²) in [5.74, 6) is -1.86. The summed E-state index contributed by atoms with van der Waals surface area (Å²) >= 11 is 0. The zero-order chi connectivity index (χ0) is 16.8. The van der Waals surface area contributed by atoms with E-state index in [9.17, 15) is 18.4 Å². The molecule has 0 saturated heterocycles. The van der Waals surface area contributed by atoms with Gasteiger partial charge in [-0.15, -0.1) is 12.4 Å². The van der Waals surface area contributed by atoms with E-state index < -0.39 is 17.5 Å². The third-order valence-electron chi connectivity index (χ3n) is 3.80. The molecular weight excluding hydrogens is 340 g/mol. The van der Waals surface area contributed by atoms with Gasteiger partial charge in [-0.3, -0.25) is 9.59 Å². The Balaban J connectivity index is 0.00000288. The minimum atomic E-state index is -0.908. The fraction of sp³-hybridized carbons (Fsp3) is 0.500. The van der Waals surface area contributed by atoms with Crippen LogP contribution in [0.25, 0.3) is 0 Å². The molecule has 1 saturated carbocycles. The molecule has 0 bridgehead atoms. The number of nitrogens with two attached hydrogens (primary N) is 1. The van der Waals surface area contributed by atoms with Crippen molar-refractivity contribution in [2.24, 2.45) is 11.7 Å². The largest absolute Gasteiger partial charge is 0.355 e. The van der Waals surface area contributed by atoms with Gasteiger partial charge in [-0.2, -0.15) is 0 Å². The Hall–Kier alpha value is -1.73. The Morgan fingerprint density at radius 3 is 2.58 bits per heavy atom. The molecule has 5 nitrogen and oxygen atoms in total. The summed E-state index contributed by atoms with van der Waals surface area (Å²) in [6, 6.07) is 2.78. The van der Waals surface area contributed by atoms with E-state index in [4.69, 9.17) is 5.73 Å². The molecule has 1 aromatic carbocycles. The normalized spacial score (nSPS) is 14.5. The van der Waals surface area contributed by atoms with Crippen LogP contribution in [0.4, 0.5) is 8.78 Å². The summed E-state index contributed by atoms with van der Waals surface area (Å²) in [7, 11) is 0. The fourth-order valence-corrected chi connectivity index (χ4v) is 2.23. The number of carbonyl (C=O) groups excluding carboxylic acids is 2. The molecule has 1 aliphatic rings. The lowest BCUT2D eigenvalue weighted by Gasteiger charge is -2.11. The molecule has 0 spiro atoms. The molecule has 1 unspecified atom stereocenters. The highest BCUT2D eigenvalue weighted by atomic mass is 35.5. The van der Waals surface area contributed by atoms with Gasteiger partial charge in [-0.25, -0.2) is 8.78 Å². The van der Waals surface area contributed by atoms with Crippen molar-refractivity contribution in [1.29, 1.82) is 0 Å². The van der Waals surface area contributed by atoms with E-state index in [0.29, 0.717) is 24.9 Å². The van der Waals surface area contributed by atoms with E-state index in [0.717, 1.165) is 25.0 Å². The lowest BCUT2D eigenvalue weighted by Crippen LogP contribution is -2.38. The number of amides is 2. The molecule has 0 aromatic heterocycles. The lowest BCUT2D eigenvalue weighted by atomic mass is 10.2. The van der Waals surface area contributed by atoms with Crippen LogP contribution in [0, 0.1) is 17.6 Å². The molecular formula is C16H22ClF2N3O2. The van der Waals surface area contributed by atoms with Gasteiger partial charge in [0, 0.05) is 31.6 Å². The maximum absolute atomic E-state index is 13.4. The fourth-order valence-electron chi connectivity index (χ4n) is 2.23. The summed E-state index contributed by atoms with van der Waals surface area (Å²) in [4.78, 5) is 23.3. The molecule has 1 atom stereocenters. The van der Waals surface area contributed by atoms with E-state index in [-0.39, 0.29) is 42.9 Å². The Morgan fingerprint density at radius 1 is 1.25 bits per heavy atom. The zero-order valence-corrected chi connectivity index (χ0v) is 14.0. The molecule has 4 N–H and O–H groups in total. The number of halogens is 3. The van der Waals surface area contributed by atoms with Crippen LogP contribution in [0.5, 0.6) is 0 Å². The average Bonchev–Trinajstić information content (AvgIpc) is 3.33. The van der Waals surface area contributed by atoms with Gasteiger partial charge in [0.25, 0.3) is 5.91 Å². The summed E-state index contributed by atoms with van der Waals surface area (Å²) < 4.78 is 26.2. The Morgan fingerprint density at radius 2 is 1.96 bits per heavy atom. The van der Waals surface area contributed by atoms with Crippen LogP contribution in [0.1, 0.15) is 36.0 Å². The molecule has 24 heavy (non-hydrogen) atoms. The van der Waals surface area contributed by atoms with Crippen molar-refractivity contribution < 1.29 is 18.4 Å². The first-order valence-corrected chi connectivity index (χ1v) is 7.73. The SMILES string of the molecule is Cl.NC(CNC(=O)CCCNC(=O)c1ccc(F)cc1F)C1CC1. The van der Waals surface area contributed by atoms with Crippen LogP contribution in [-0.4, -0.2) is 30.9 Å². The second-order valence-corrected chi connectivity index (χ2v) is 5.79. The third kappa shape index (κ3) is 6.41. The van der Waals surface area contributed by atoms with Crippen molar-refractivity contribution in [1.82, 2.24) is 10.6 Å². The molecule has 0 heterocycles. The van der Waals surface area contributed by atoms with Crippen molar-refractivity contribution in [2.45, 2.75) is 31.7 Å². The predicted molar refractivity (Wildman–Crippen MR) is 88.9 cm³/mol. The van der Waals surface area contributed by atoms with Crippen LogP contribution in [-0.2, 0) is 4.79 Å². The lowest BCUT2D eigenvalue weighted by molar-refractivity contribution is -0.121. The second kappa shape index (κ2) is 9.54. The summed E-state index contributed by atoms with van der Waals surface area (Å²) in [6.07, 6.45) is 2.94. The standard InChI is InChI=1S/C16H21F2N3O2.ClH/c17-11-5-6-12(13(18)8-11)16(23)20-7-1-2-15(22)21-9-14(19)10-3-4-10;/h5-6,8,10,14H,1-4,7,9,19H2,(H,20,23)(H,21,22);1H. The van der Waals surface area contributed by atoms with E-state index in [1.165, 1.54) is 0 Å². The molecule has 1 aromatic rings. The average molecular weight is 362 g/mol. The third-order valence-corrected chi connectivity index (χ3v) is 3.80. The monoisotopic (exact) mass is 361 g/mol. The van der Waals surface area contributed by atoms with Crippen LogP contribution < -0.4 is 16.4 Å². The smallest absolute Gasteiger partial charge is 0.254 e. The number of carbonyl (C=O) groups is 2. The van der Waals surface area contributed by atoms with E-state index in [2.05, 4.69) is 10.6 Å². The van der Waals surface area contributed by atoms with Crippen LogP contribution in [0.15, 0.2) is 18.2 Å². The number of hydrogen-bond acceptors (Lipinski definition) is 3.